The zero-order valence-corrected chi connectivity index (χ0v) is 18.2. The molecule has 178 valence electrons. The summed E-state index contributed by atoms with van der Waals surface area (Å²) in [5.74, 6) is -1.96. The molecule has 0 saturated carbocycles. The van der Waals surface area contributed by atoms with Gasteiger partial charge in [-0.15, -0.1) is 13.2 Å². The largest absolute Gasteiger partial charge is 0.573 e. The number of rotatable bonds is 7. The van der Waals surface area contributed by atoms with Crippen molar-refractivity contribution in [3.63, 3.8) is 0 Å². The first-order valence-electron chi connectivity index (χ1n) is 9.99. The Morgan fingerprint density at radius 3 is 2.39 bits per heavy atom. The van der Waals surface area contributed by atoms with Crippen LogP contribution in [0, 0.1) is 5.92 Å². The molecule has 3 N–H and O–H groups in total. The van der Waals surface area contributed by atoms with Gasteiger partial charge in [-0.3, -0.25) is 9.59 Å². The molecule has 1 aliphatic heterocycles. The first-order chi connectivity index (χ1) is 15.5. The highest BCUT2D eigenvalue weighted by atomic mass is 32.2. The van der Waals surface area contributed by atoms with Crippen LogP contribution in [-0.2, 0) is 26.0 Å². The topological polar surface area (TPSA) is 119 Å². The number of primary amides is 1. The number of carbonyl (C=O) groups is 2. The van der Waals surface area contributed by atoms with Crippen molar-refractivity contribution in [3.05, 3.63) is 54.1 Å². The fourth-order valence-electron chi connectivity index (χ4n) is 3.56. The van der Waals surface area contributed by atoms with Crippen molar-refractivity contribution in [1.29, 1.82) is 0 Å². The molecule has 2 aromatic rings. The smallest absolute Gasteiger partial charge is 0.406 e. The third-order valence-electron chi connectivity index (χ3n) is 5.14. The third kappa shape index (κ3) is 6.45. The number of sulfonamides is 1. The number of hydrogen-bond acceptors (Lipinski definition) is 5. The molecule has 0 unspecified atom stereocenters. The highest BCUT2D eigenvalue weighted by molar-refractivity contribution is 7.89. The van der Waals surface area contributed by atoms with E-state index >= 15 is 0 Å². The Morgan fingerprint density at radius 2 is 1.76 bits per heavy atom. The normalized spacial score (nSPS) is 15.7. The van der Waals surface area contributed by atoms with Crippen molar-refractivity contribution >= 4 is 27.5 Å². The van der Waals surface area contributed by atoms with Gasteiger partial charge in [0.05, 0.1) is 11.3 Å². The van der Waals surface area contributed by atoms with E-state index in [0.29, 0.717) is 11.3 Å². The molecule has 0 bridgehead atoms. The monoisotopic (exact) mass is 485 g/mol. The number of benzene rings is 2. The molecule has 3 rings (SSSR count). The van der Waals surface area contributed by atoms with Gasteiger partial charge in [-0.25, -0.2) is 8.42 Å². The predicted octanol–water partition coefficient (Wildman–Crippen LogP) is 2.65. The van der Waals surface area contributed by atoms with E-state index in [2.05, 4.69) is 10.1 Å². The molecule has 0 aromatic heterocycles. The Kier molecular flexibility index (Phi) is 7.28. The summed E-state index contributed by atoms with van der Waals surface area (Å²) in [6, 6.07) is 10.9. The summed E-state index contributed by atoms with van der Waals surface area (Å²) in [6.07, 6.45) is -4.53. The van der Waals surface area contributed by atoms with Gasteiger partial charge in [0.15, 0.2) is 0 Å². The summed E-state index contributed by atoms with van der Waals surface area (Å²) < 4.78 is 68.0. The van der Waals surface area contributed by atoms with Crippen LogP contribution in [0.5, 0.6) is 5.75 Å². The van der Waals surface area contributed by atoms with Gasteiger partial charge >= 0.3 is 6.36 Å². The van der Waals surface area contributed by atoms with Gasteiger partial charge in [0.2, 0.25) is 21.8 Å². The lowest BCUT2D eigenvalue weighted by atomic mass is 9.97. The molecule has 0 aliphatic carbocycles. The Labute approximate surface area is 188 Å². The number of anilines is 1. The average molecular weight is 485 g/mol. The Balaban J connectivity index is 1.64. The maximum atomic E-state index is 12.9. The third-order valence-corrected chi connectivity index (χ3v) is 7.04. The summed E-state index contributed by atoms with van der Waals surface area (Å²) in [4.78, 5) is 23.6. The number of halogens is 3. The van der Waals surface area contributed by atoms with Crippen LogP contribution in [0.25, 0.3) is 0 Å². The molecule has 1 fully saturated rings. The first-order valence-corrected chi connectivity index (χ1v) is 11.4. The van der Waals surface area contributed by atoms with Crippen molar-refractivity contribution in [2.24, 2.45) is 11.7 Å². The zero-order chi connectivity index (χ0) is 24.2. The number of nitrogens with one attached hydrogen (secondary N) is 1. The average Bonchev–Trinajstić information content (AvgIpc) is 2.74. The van der Waals surface area contributed by atoms with Crippen LogP contribution in [0.3, 0.4) is 0 Å². The van der Waals surface area contributed by atoms with Crippen molar-refractivity contribution in [1.82, 2.24) is 4.31 Å². The van der Waals surface area contributed by atoms with Gasteiger partial charge in [0.25, 0.3) is 0 Å². The number of alkyl halides is 3. The molecule has 12 heteroatoms. The Hall–Kier alpha value is -3.12. The molecule has 8 nitrogen and oxygen atoms in total. The lowest BCUT2D eigenvalue weighted by Crippen LogP contribution is -2.41. The minimum atomic E-state index is -4.94. The maximum absolute atomic E-state index is 12.9. The molecule has 0 spiro atoms. The van der Waals surface area contributed by atoms with Crippen molar-refractivity contribution in [2.45, 2.75) is 30.5 Å². The van der Waals surface area contributed by atoms with Crippen LogP contribution in [0.4, 0.5) is 18.9 Å². The Morgan fingerprint density at radius 1 is 1.09 bits per heavy atom. The van der Waals surface area contributed by atoms with E-state index in [1.165, 1.54) is 6.07 Å². The SMILES string of the molecule is NC(=O)Cc1ccccc1NC(=O)C1CCN(S(=O)(=O)c2cccc(OC(F)(F)F)c2)CC1. The van der Waals surface area contributed by atoms with Crippen molar-refractivity contribution < 1.29 is 35.9 Å². The minimum absolute atomic E-state index is 0.0215. The standard InChI is InChI=1S/C21H22F3N3O5S/c22-21(23,24)32-16-5-3-6-17(13-16)33(30,31)27-10-8-14(9-11-27)20(29)26-18-7-2-1-4-15(18)12-19(25)28/h1-7,13-14H,8-12H2,(H2,25,28)(H,26,29). The number of hydrogen-bond donors (Lipinski definition) is 2. The predicted molar refractivity (Wildman–Crippen MR) is 113 cm³/mol. The fourth-order valence-corrected chi connectivity index (χ4v) is 5.06. The van der Waals surface area contributed by atoms with Crippen LogP contribution < -0.4 is 15.8 Å². The van der Waals surface area contributed by atoms with Gasteiger partial charge in [0, 0.05) is 30.8 Å². The van der Waals surface area contributed by atoms with Crippen LogP contribution >= 0.6 is 0 Å². The van der Waals surface area contributed by atoms with E-state index in [9.17, 15) is 31.2 Å². The van der Waals surface area contributed by atoms with Gasteiger partial charge < -0.3 is 15.8 Å². The molecule has 1 saturated heterocycles. The highest BCUT2D eigenvalue weighted by Crippen LogP contribution is 2.29. The lowest BCUT2D eigenvalue weighted by Gasteiger charge is -2.30. The molecule has 1 heterocycles. The molecule has 2 aromatic carbocycles. The molecule has 33 heavy (non-hydrogen) atoms. The van der Waals surface area contributed by atoms with E-state index < -0.39 is 34.0 Å². The second-order valence-electron chi connectivity index (χ2n) is 7.49. The van der Waals surface area contributed by atoms with Crippen LogP contribution in [0.2, 0.25) is 0 Å². The number of ether oxygens (including phenoxy) is 1. The second-order valence-corrected chi connectivity index (χ2v) is 9.43. The van der Waals surface area contributed by atoms with E-state index in [4.69, 9.17) is 5.73 Å². The van der Waals surface area contributed by atoms with E-state index in [-0.39, 0.29) is 43.2 Å². The van der Waals surface area contributed by atoms with Crippen LogP contribution in [0.1, 0.15) is 18.4 Å². The van der Waals surface area contributed by atoms with E-state index in [0.717, 1.165) is 22.5 Å². The summed E-state index contributed by atoms with van der Waals surface area (Å²) in [5, 5.41) is 2.76. The van der Waals surface area contributed by atoms with Gasteiger partial charge in [-0.2, -0.15) is 4.31 Å². The molecule has 2 amide bonds. The molecular formula is C21H22F3N3O5S. The maximum Gasteiger partial charge on any atom is 0.573 e. The Bertz CT molecular complexity index is 1130. The molecule has 0 atom stereocenters. The van der Waals surface area contributed by atoms with Crippen LogP contribution in [0.15, 0.2) is 53.4 Å². The summed E-state index contributed by atoms with van der Waals surface area (Å²) in [6.45, 7) is 0.0431. The number of carbonyl (C=O) groups excluding carboxylic acids is 2. The summed E-state index contributed by atoms with van der Waals surface area (Å²) in [5.41, 5.74) is 6.26. The van der Waals surface area contributed by atoms with E-state index in [1.54, 1.807) is 24.3 Å². The number of para-hydroxylation sites is 1. The quantitative estimate of drug-likeness (QED) is 0.625. The number of piperidine rings is 1. The van der Waals surface area contributed by atoms with Crippen molar-refractivity contribution in [3.8, 4) is 5.75 Å². The van der Waals surface area contributed by atoms with Gasteiger partial charge in [0.1, 0.15) is 5.75 Å². The molecular weight excluding hydrogens is 463 g/mol. The number of nitrogens with two attached hydrogens (primary N) is 1. The molecule has 0 radical (unpaired) electrons. The summed E-state index contributed by atoms with van der Waals surface area (Å²) in [7, 11) is -4.07. The van der Waals surface area contributed by atoms with Gasteiger partial charge in [-0.1, -0.05) is 24.3 Å². The number of amides is 2. The van der Waals surface area contributed by atoms with Gasteiger partial charge in [-0.05, 0) is 36.6 Å². The number of nitrogens with zero attached hydrogens (tertiary/aromatic N) is 1. The first kappa shape index (κ1) is 24.5. The zero-order valence-electron chi connectivity index (χ0n) is 17.3. The van der Waals surface area contributed by atoms with E-state index in [1.807, 2.05) is 0 Å². The molecule has 1 aliphatic rings. The van der Waals surface area contributed by atoms with Crippen molar-refractivity contribution in [2.75, 3.05) is 18.4 Å². The second kappa shape index (κ2) is 9.79. The van der Waals surface area contributed by atoms with Crippen LogP contribution in [-0.4, -0.2) is 44.0 Å². The minimum Gasteiger partial charge on any atom is -0.406 e. The lowest BCUT2D eigenvalue weighted by molar-refractivity contribution is -0.274. The fraction of sp³-hybridized carbons (Fsp3) is 0.333. The highest BCUT2D eigenvalue weighted by Gasteiger charge is 2.34. The summed E-state index contributed by atoms with van der Waals surface area (Å²) >= 11 is 0.